The number of hydrogen-bond donors (Lipinski definition) is 2. The molecular weight excluding hydrogens is 462 g/mol. The minimum atomic E-state index is -1.04. The van der Waals surface area contributed by atoms with Crippen molar-refractivity contribution in [2.24, 2.45) is 11.7 Å². The molecule has 1 aromatic carbocycles. The van der Waals surface area contributed by atoms with E-state index in [4.69, 9.17) is 5.73 Å². The summed E-state index contributed by atoms with van der Waals surface area (Å²) in [5.41, 5.74) is 2.93. The fourth-order valence-corrected chi connectivity index (χ4v) is 5.03. The number of carbonyl (C=O) groups excluding carboxylic acids is 3. The van der Waals surface area contributed by atoms with Gasteiger partial charge in [-0.3, -0.25) is 19.2 Å². The molecule has 2 aromatic rings. The number of primary amides is 1. The van der Waals surface area contributed by atoms with Crippen LogP contribution in [0.3, 0.4) is 0 Å². The van der Waals surface area contributed by atoms with Gasteiger partial charge in [0.05, 0.1) is 5.54 Å². The van der Waals surface area contributed by atoms with Crippen molar-refractivity contribution in [3.63, 3.8) is 0 Å². The second kappa shape index (κ2) is 8.47. The Hall–Kier alpha value is -3.76. The van der Waals surface area contributed by atoms with Crippen LogP contribution in [0, 0.1) is 17.6 Å². The van der Waals surface area contributed by atoms with Crippen LogP contribution in [0.2, 0.25) is 0 Å². The molecule has 3 amide bonds. The van der Waals surface area contributed by atoms with E-state index in [9.17, 15) is 33.1 Å². The van der Waals surface area contributed by atoms with Gasteiger partial charge in [-0.05, 0) is 32.8 Å². The summed E-state index contributed by atoms with van der Waals surface area (Å²) in [6, 6.07) is 2.91. The predicted octanol–water partition coefficient (Wildman–Crippen LogP) is 1.56. The van der Waals surface area contributed by atoms with Crippen molar-refractivity contribution >= 4 is 17.7 Å². The van der Waals surface area contributed by atoms with Gasteiger partial charge < -0.3 is 25.2 Å². The molecule has 4 rings (SSSR count). The molecule has 9 nitrogen and oxygen atoms in total. The zero-order valence-corrected chi connectivity index (χ0v) is 19.5. The second-order valence-corrected chi connectivity index (χ2v) is 9.59. The molecule has 3 N–H and O–H groups in total. The first-order valence-corrected chi connectivity index (χ1v) is 11.1. The normalized spacial score (nSPS) is 21.1. The first kappa shape index (κ1) is 24.4. The number of halogens is 2. The predicted molar refractivity (Wildman–Crippen MR) is 121 cm³/mol. The van der Waals surface area contributed by atoms with Crippen molar-refractivity contribution in [2.45, 2.75) is 44.8 Å². The van der Waals surface area contributed by atoms with Gasteiger partial charge in [-0.15, -0.1) is 0 Å². The number of fused-ring (bicyclic) bond motifs is 2. The van der Waals surface area contributed by atoms with Crippen LogP contribution < -0.4 is 11.2 Å². The van der Waals surface area contributed by atoms with Crippen LogP contribution in [0.4, 0.5) is 8.78 Å². The number of amides is 3. The number of rotatable bonds is 5. The van der Waals surface area contributed by atoms with Gasteiger partial charge in [0, 0.05) is 49.9 Å². The second-order valence-electron chi connectivity index (χ2n) is 9.59. The fraction of sp³-hybridized carbons (Fsp3) is 0.417. The quantitative estimate of drug-likeness (QED) is 0.661. The van der Waals surface area contributed by atoms with E-state index in [2.05, 4.69) is 0 Å². The highest BCUT2D eigenvalue weighted by Gasteiger charge is 2.55. The number of carbonyl (C=O) groups is 3. The van der Waals surface area contributed by atoms with Crippen molar-refractivity contribution < 1.29 is 28.3 Å². The molecule has 1 fully saturated rings. The molecule has 1 aliphatic heterocycles. The van der Waals surface area contributed by atoms with E-state index >= 15 is 0 Å². The Bertz CT molecular complexity index is 1300. The first-order valence-electron chi connectivity index (χ1n) is 11.1. The number of nitrogens with zero attached hydrogens (tertiary/aromatic N) is 3. The van der Waals surface area contributed by atoms with Crippen molar-refractivity contribution in [3.05, 3.63) is 63.1 Å². The summed E-state index contributed by atoms with van der Waals surface area (Å²) < 4.78 is 28.6. The van der Waals surface area contributed by atoms with Crippen LogP contribution in [-0.4, -0.2) is 56.8 Å². The van der Waals surface area contributed by atoms with Crippen molar-refractivity contribution in [1.29, 1.82) is 0 Å². The molecule has 186 valence electrons. The van der Waals surface area contributed by atoms with Gasteiger partial charge in [-0.1, -0.05) is 6.07 Å². The van der Waals surface area contributed by atoms with Crippen LogP contribution in [0.5, 0.6) is 5.75 Å². The lowest BCUT2D eigenvalue weighted by atomic mass is 9.65. The summed E-state index contributed by atoms with van der Waals surface area (Å²) in [5.74, 6) is -4.67. The molecule has 35 heavy (non-hydrogen) atoms. The molecule has 1 aromatic heterocycles. The van der Waals surface area contributed by atoms with E-state index in [-0.39, 0.29) is 49.1 Å². The van der Waals surface area contributed by atoms with Gasteiger partial charge in [-0.2, -0.15) is 0 Å². The average Bonchev–Trinajstić information content (AvgIpc) is 2.75. The highest BCUT2D eigenvalue weighted by atomic mass is 19.1. The maximum Gasteiger partial charge on any atom is 0.274 e. The largest absolute Gasteiger partial charge is 0.503 e. The van der Waals surface area contributed by atoms with Gasteiger partial charge in [0.2, 0.25) is 11.3 Å². The first-order chi connectivity index (χ1) is 16.4. The number of benzene rings is 1. The van der Waals surface area contributed by atoms with Gasteiger partial charge in [-0.25, -0.2) is 8.78 Å². The average molecular weight is 488 g/mol. The lowest BCUT2D eigenvalue weighted by Crippen LogP contribution is -2.63. The molecule has 1 aliphatic carbocycles. The minimum absolute atomic E-state index is 0.0546. The summed E-state index contributed by atoms with van der Waals surface area (Å²) >= 11 is 0. The third kappa shape index (κ3) is 3.94. The van der Waals surface area contributed by atoms with Crippen LogP contribution in [-0.2, 0) is 16.9 Å². The zero-order valence-electron chi connectivity index (χ0n) is 19.5. The SMILES string of the molecule is CC(C)N1C[C@]2(C[C@@H](C(=O)N(C)Cc3ccc(F)cc3F)C2)n2cc(C(N)=O)c(=O)c(O)c2C1=O. The van der Waals surface area contributed by atoms with E-state index in [0.717, 1.165) is 12.1 Å². The maximum atomic E-state index is 14.0. The molecule has 0 unspecified atom stereocenters. The molecule has 0 radical (unpaired) electrons. The number of aromatic nitrogens is 1. The van der Waals surface area contributed by atoms with Crippen LogP contribution in [0.15, 0.2) is 29.2 Å². The highest BCUT2D eigenvalue weighted by Crippen LogP contribution is 2.49. The van der Waals surface area contributed by atoms with E-state index in [1.54, 1.807) is 13.8 Å². The van der Waals surface area contributed by atoms with Crippen molar-refractivity contribution in [2.75, 3.05) is 13.6 Å². The molecule has 1 saturated carbocycles. The van der Waals surface area contributed by atoms with Crippen LogP contribution in [0.1, 0.15) is 53.1 Å². The number of pyridine rings is 1. The smallest absolute Gasteiger partial charge is 0.274 e. The van der Waals surface area contributed by atoms with Crippen molar-refractivity contribution in [1.82, 2.24) is 14.4 Å². The fourth-order valence-electron chi connectivity index (χ4n) is 5.03. The molecule has 1 spiro atoms. The summed E-state index contributed by atoms with van der Waals surface area (Å²) in [5, 5.41) is 10.5. The lowest BCUT2D eigenvalue weighted by Gasteiger charge is -2.55. The third-order valence-electron chi connectivity index (χ3n) is 6.91. The molecular formula is C24H26F2N4O5. The third-order valence-corrected chi connectivity index (χ3v) is 6.91. The summed E-state index contributed by atoms with van der Waals surface area (Å²) in [6.45, 7) is 3.74. The molecule has 0 saturated heterocycles. The zero-order chi connectivity index (χ0) is 25.8. The highest BCUT2D eigenvalue weighted by molar-refractivity contribution is 5.99. The van der Waals surface area contributed by atoms with E-state index in [1.165, 1.54) is 33.7 Å². The molecule has 11 heteroatoms. The Labute approximate surface area is 199 Å². The lowest BCUT2D eigenvalue weighted by molar-refractivity contribution is -0.143. The van der Waals surface area contributed by atoms with Crippen LogP contribution in [0.25, 0.3) is 0 Å². The van der Waals surface area contributed by atoms with Crippen molar-refractivity contribution in [3.8, 4) is 5.75 Å². The van der Waals surface area contributed by atoms with E-state index in [1.807, 2.05) is 0 Å². The standard InChI is InChI=1S/C24H26F2N4O5/c1-12(2)29-11-24(30-10-16(21(27)33)19(31)20(32)18(30)23(29)35)7-14(8-24)22(34)28(3)9-13-4-5-15(25)6-17(13)26/h4-6,10,12,14,32H,7-9,11H2,1-3H3,(H2,27,33)/t14-,24-. The Kier molecular flexibility index (Phi) is 5.90. The maximum absolute atomic E-state index is 14.0. The number of hydrogen-bond acceptors (Lipinski definition) is 5. The topological polar surface area (TPSA) is 126 Å². The van der Waals surface area contributed by atoms with E-state index in [0.29, 0.717) is 0 Å². The molecule has 0 bridgehead atoms. The van der Waals surface area contributed by atoms with Gasteiger partial charge >= 0.3 is 0 Å². The number of aromatic hydroxyl groups is 1. The summed E-state index contributed by atoms with van der Waals surface area (Å²) in [4.78, 5) is 53.3. The van der Waals surface area contributed by atoms with Gasteiger partial charge in [0.25, 0.3) is 11.8 Å². The van der Waals surface area contributed by atoms with Crippen LogP contribution >= 0.6 is 0 Å². The van der Waals surface area contributed by atoms with E-state index < -0.39 is 51.6 Å². The molecule has 2 heterocycles. The molecule has 2 aliphatic rings. The Morgan fingerprint density at radius 3 is 2.49 bits per heavy atom. The Morgan fingerprint density at radius 2 is 1.91 bits per heavy atom. The van der Waals surface area contributed by atoms with Gasteiger partial charge in [0.15, 0.2) is 11.4 Å². The molecule has 0 atom stereocenters. The summed E-state index contributed by atoms with van der Waals surface area (Å²) in [6.07, 6.45) is 1.70. The Balaban J connectivity index is 1.64. The van der Waals surface area contributed by atoms with Gasteiger partial charge in [0.1, 0.15) is 17.2 Å². The number of nitrogens with two attached hydrogens (primary N) is 1. The Morgan fingerprint density at radius 1 is 1.26 bits per heavy atom. The summed E-state index contributed by atoms with van der Waals surface area (Å²) in [7, 11) is 1.52. The monoisotopic (exact) mass is 488 g/mol. The minimum Gasteiger partial charge on any atom is -0.503 e.